The summed E-state index contributed by atoms with van der Waals surface area (Å²) in [6.07, 6.45) is 3.79. The van der Waals surface area contributed by atoms with E-state index in [1.54, 1.807) is 4.68 Å². The summed E-state index contributed by atoms with van der Waals surface area (Å²) in [6, 6.07) is 8.33. The molecule has 0 saturated carbocycles. The second-order valence-corrected chi connectivity index (χ2v) is 5.08. The minimum Gasteiger partial charge on any atom is -0.394 e. The highest BCUT2D eigenvalue weighted by Gasteiger charge is 2.04. The van der Waals surface area contributed by atoms with Gasteiger partial charge in [-0.3, -0.25) is 4.68 Å². The van der Waals surface area contributed by atoms with Crippen molar-refractivity contribution in [2.45, 2.75) is 19.6 Å². The van der Waals surface area contributed by atoms with E-state index in [4.69, 9.17) is 5.11 Å². The van der Waals surface area contributed by atoms with Crippen molar-refractivity contribution < 1.29 is 5.11 Å². The highest BCUT2D eigenvalue weighted by Crippen LogP contribution is 2.17. The summed E-state index contributed by atoms with van der Waals surface area (Å²) in [5.41, 5.74) is 3.54. The number of hydrogen-bond donors (Lipinski definition) is 2. The number of nitrogens with zero attached hydrogens (tertiary/aromatic N) is 3. The van der Waals surface area contributed by atoms with Gasteiger partial charge in [-0.2, -0.15) is 5.10 Å². The largest absolute Gasteiger partial charge is 0.394 e. The third-order valence-electron chi connectivity index (χ3n) is 3.00. The van der Waals surface area contributed by atoms with Gasteiger partial charge in [0, 0.05) is 30.5 Å². The Morgan fingerprint density at radius 1 is 1.30 bits per heavy atom. The zero-order valence-corrected chi connectivity index (χ0v) is 12.1. The van der Waals surface area contributed by atoms with E-state index in [0.717, 1.165) is 24.3 Å². The van der Waals surface area contributed by atoms with Gasteiger partial charge in [0.2, 0.25) is 0 Å². The van der Waals surface area contributed by atoms with Crippen LogP contribution in [0.2, 0.25) is 0 Å². The van der Waals surface area contributed by atoms with E-state index in [2.05, 4.69) is 47.6 Å². The van der Waals surface area contributed by atoms with Crippen molar-refractivity contribution >= 4 is 5.69 Å². The molecule has 0 aliphatic carbocycles. The second kappa shape index (κ2) is 7.07. The molecule has 0 amide bonds. The summed E-state index contributed by atoms with van der Waals surface area (Å²) < 4.78 is 1.75. The lowest BCUT2D eigenvalue weighted by atomic mass is 10.1. The van der Waals surface area contributed by atoms with Crippen LogP contribution in [0.15, 0.2) is 36.7 Å². The Bertz CT molecular complexity index is 536. The molecule has 0 aliphatic heterocycles. The molecule has 5 heteroatoms. The van der Waals surface area contributed by atoms with Gasteiger partial charge in [-0.05, 0) is 25.7 Å². The molecule has 0 bridgehead atoms. The minimum atomic E-state index is 0.111. The Morgan fingerprint density at radius 2 is 2.10 bits per heavy atom. The standard InChI is InChI=1S/C15H22N4O/c1-18(2)12-14-5-3-4-6-15(14)16-9-13-10-17-19(11-13)7-8-20/h3-6,10-11,16,20H,7-9,12H2,1-2H3. The topological polar surface area (TPSA) is 53.3 Å². The van der Waals surface area contributed by atoms with Crippen LogP contribution in [0.3, 0.4) is 0 Å². The Labute approximate surface area is 119 Å². The average molecular weight is 274 g/mol. The van der Waals surface area contributed by atoms with Gasteiger partial charge in [-0.15, -0.1) is 0 Å². The molecule has 2 N–H and O–H groups in total. The molecule has 0 unspecified atom stereocenters. The van der Waals surface area contributed by atoms with Crippen molar-refractivity contribution in [3.8, 4) is 0 Å². The molecule has 5 nitrogen and oxygen atoms in total. The SMILES string of the molecule is CN(C)Cc1ccccc1NCc1cnn(CCO)c1. The number of hydrogen-bond acceptors (Lipinski definition) is 4. The van der Waals surface area contributed by atoms with Crippen LogP contribution in [0.1, 0.15) is 11.1 Å². The second-order valence-electron chi connectivity index (χ2n) is 5.08. The molecule has 0 saturated heterocycles. The first-order valence-electron chi connectivity index (χ1n) is 6.77. The van der Waals surface area contributed by atoms with Crippen LogP contribution in [-0.4, -0.2) is 40.5 Å². The molecule has 0 atom stereocenters. The lowest BCUT2D eigenvalue weighted by molar-refractivity contribution is 0.269. The fraction of sp³-hybridized carbons (Fsp3) is 0.400. The molecule has 0 fully saturated rings. The third-order valence-corrected chi connectivity index (χ3v) is 3.00. The summed E-state index contributed by atoms with van der Waals surface area (Å²) in [4.78, 5) is 2.15. The minimum absolute atomic E-state index is 0.111. The van der Waals surface area contributed by atoms with E-state index < -0.39 is 0 Å². The van der Waals surface area contributed by atoms with E-state index in [1.165, 1.54) is 5.56 Å². The molecule has 0 spiro atoms. The van der Waals surface area contributed by atoms with E-state index in [1.807, 2.05) is 18.5 Å². The quantitative estimate of drug-likeness (QED) is 0.804. The van der Waals surface area contributed by atoms with E-state index in [9.17, 15) is 0 Å². The van der Waals surface area contributed by atoms with E-state index in [-0.39, 0.29) is 6.61 Å². The molecular weight excluding hydrogens is 252 g/mol. The maximum absolute atomic E-state index is 8.88. The van der Waals surface area contributed by atoms with Gasteiger partial charge in [0.1, 0.15) is 0 Å². The molecule has 1 aromatic carbocycles. The maximum Gasteiger partial charge on any atom is 0.0640 e. The van der Waals surface area contributed by atoms with Crippen LogP contribution in [0.25, 0.3) is 0 Å². The molecule has 1 aromatic heterocycles. The lowest BCUT2D eigenvalue weighted by Gasteiger charge is -2.15. The van der Waals surface area contributed by atoms with Gasteiger partial charge < -0.3 is 15.3 Å². The van der Waals surface area contributed by atoms with E-state index in [0.29, 0.717) is 6.54 Å². The summed E-state index contributed by atoms with van der Waals surface area (Å²) in [7, 11) is 4.13. The molecule has 2 aromatic rings. The predicted octanol–water partition coefficient (Wildman–Crippen LogP) is 1.55. The smallest absolute Gasteiger partial charge is 0.0640 e. The summed E-state index contributed by atoms with van der Waals surface area (Å²) in [5, 5.41) is 16.5. The molecule has 1 heterocycles. The number of anilines is 1. The summed E-state index contributed by atoms with van der Waals surface area (Å²) >= 11 is 0. The first kappa shape index (κ1) is 14.6. The summed E-state index contributed by atoms with van der Waals surface area (Å²) in [5.74, 6) is 0. The Hall–Kier alpha value is -1.85. The Balaban J connectivity index is 1.99. The van der Waals surface area contributed by atoms with Gasteiger partial charge in [-0.25, -0.2) is 0 Å². The first-order chi connectivity index (χ1) is 9.69. The predicted molar refractivity (Wildman–Crippen MR) is 80.5 cm³/mol. The number of para-hydroxylation sites is 1. The molecular formula is C15H22N4O. The molecule has 108 valence electrons. The number of aliphatic hydroxyl groups is 1. The van der Waals surface area contributed by atoms with Crippen molar-refractivity contribution in [2.75, 3.05) is 26.0 Å². The van der Waals surface area contributed by atoms with E-state index >= 15 is 0 Å². The zero-order valence-electron chi connectivity index (χ0n) is 12.1. The van der Waals surface area contributed by atoms with Crippen molar-refractivity contribution in [1.29, 1.82) is 0 Å². The Morgan fingerprint density at radius 3 is 2.85 bits per heavy atom. The van der Waals surface area contributed by atoms with Gasteiger partial charge in [-0.1, -0.05) is 18.2 Å². The maximum atomic E-state index is 8.88. The van der Waals surface area contributed by atoms with Crippen LogP contribution in [0, 0.1) is 0 Å². The highest BCUT2D eigenvalue weighted by atomic mass is 16.3. The Kier molecular flexibility index (Phi) is 5.15. The van der Waals surface area contributed by atoms with Crippen molar-refractivity contribution in [1.82, 2.24) is 14.7 Å². The normalized spacial score (nSPS) is 11.0. The number of benzene rings is 1. The third kappa shape index (κ3) is 4.08. The number of rotatable bonds is 7. The fourth-order valence-electron chi connectivity index (χ4n) is 2.09. The average Bonchev–Trinajstić information content (AvgIpc) is 2.85. The van der Waals surface area contributed by atoms with Crippen molar-refractivity contribution in [2.24, 2.45) is 0 Å². The molecule has 0 aliphatic rings. The van der Waals surface area contributed by atoms with Crippen LogP contribution >= 0.6 is 0 Å². The van der Waals surface area contributed by atoms with Crippen LogP contribution in [0.5, 0.6) is 0 Å². The molecule has 0 radical (unpaired) electrons. The van der Waals surface area contributed by atoms with Gasteiger partial charge in [0.15, 0.2) is 0 Å². The number of aliphatic hydroxyl groups excluding tert-OH is 1. The van der Waals surface area contributed by atoms with Crippen LogP contribution < -0.4 is 5.32 Å². The van der Waals surface area contributed by atoms with Gasteiger partial charge in [0.25, 0.3) is 0 Å². The molecule has 20 heavy (non-hydrogen) atoms. The number of nitrogens with one attached hydrogen (secondary N) is 1. The van der Waals surface area contributed by atoms with Crippen molar-refractivity contribution in [3.63, 3.8) is 0 Å². The monoisotopic (exact) mass is 274 g/mol. The highest BCUT2D eigenvalue weighted by molar-refractivity contribution is 5.51. The first-order valence-corrected chi connectivity index (χ1v) is 6.77. The summed E-state index contributed by atoms with van der Waals surface area (Å²) in [6.45, 7) is 2.29. The molecule has 2 rings (SSSR count). The van der Waals surface area contributed by atoms with Gasteiger partial charge >= 0.3 is 0 Å². The zero-order chi connectivity index (χ0) is 14.4. The van der Waals surface area contributed by atoms with Crippen molar-refractivity contribution in [3.05, 3.63) is 47.8 Å². The lowest BCUT2D eigenvalue weighted by Crippen LogP contribution is -2.12. The fourth-order valence-corrected chi connectivity index (χ4v) is 2.09. The number of aromatic nitrogens is 2. The van der Waals surface area contributed by atoms with Crippen LogP contribution in [-0.2, 0) is 19.6 Å². The van der Waals surface area contributed by atoms with Crippen LogP contribution in [0.4, 0.5) is 5.69 Å². The van der Waals surface area contributed by atoms with Gasteiger partial charge in [0.05, 0.1) is 19.3 Å².